The standard InChI is InChI=1S/C27H38O8/c1-26(27(35-34-26)17-8-5-11-20(27)19-10-3-2-6-15(19)12-17)16-7-4-9-18(13-16)32-25-24(31)23(30)22(29)21(14-28)33-25/h4,7,9,13,15,17,19-25,28-31H,2-3,5-6,8,10-12,14H2,1H3/t15?,17?,19?,20?,21?,22?,23-,24?,25-,26?,27?/m1/s1. The van der Waals surface area contributed by atoms with E-state index in [0.717, 1.165) is 11.5 Å². The number of hydrogen-bond acceptors (Lipinski definition) is 8. The summed E-state index contributed by atoms with van der Waals surface area (Å²) in [7, 11) is 0. The molecule has 8 heteroatoms. The summed E-state index contributed by atoms with van der Waals surface area (Å²) in [6.07, 6.45) is 3.48. The molecule has 8 nitrogen and oxygen atoms in total. The lowest BCUT2D eigenvalue weighted by Crippen LogP contribution is -2.74. The van der Waals surface area contributed by atoms with E-state index in [1.165, 1.54) is 51.4 Å². The molecule has 194 valence electrons. The quantitative estimate of drug-likeness (QED) is 0.476. The lowest BCUT2D eigenvalue weighted by molar-refractivity contribution is -0.590. The number of rotatable bonds is 4. The average molecular weight is 491 g/mol. The number of aliphatic hydroxyl groups excluding tert-OH is 4. The second kappa shape index (κ2) is 8.94. The lowest BCUT2D eigenvalue weighted by atomic mass is 9.46. The van der Waals surface area contributed by atoms with Gasteiger partial charge < -0.3 is 29.9 Å². The van der Waals surface area contributed by atoms with Crippen molar-refractivity contribution in [2.24, 2.45) is 23.7 Å². The molecule has 4 N–H and O–H groups in total. The van der Waals surface area contributed by atoms with Crippen LogP contribution in [0.25, 0.3) is 0 Å². The highest BCUT2D eigenvalue weighted by Crippen LogP contribution is 2.67. The minimum Gasteiger partial charge on any atom is -0.462 e. The second-order valence-electron chi connectivity index (χ2n) is 11.5. The van der Waals surface area contributed by atoms with Gasteiger partial charge in [0.25, 0.3) is 0 Å². The molecule has 2 saturated heterocycles. The van der Waals surface area contributed by atoms with E-state index in [1.54, 1.807) is 6.07 Å². The predicted octanol–water partition coefficient (Wildman–Crippen LogP) is 2.41. The first-order valence-electron chi connectivity index (χ1n) is 13.3. The maximum Gasteiger partial charge on any atom is 0.229 e. The summed E-state index contributed by atoms with van der Waals surface area (Å²) < 4.78 is 11.5. The monoisotopic (exact) mass is 490 g/mol. The molecule has 2 heterocycles. The van der Waals surface area contributed by atoms with Crippen LogP contribution in [0, 0.1) is 23.7 Å². The summed E-state index contributed by atoms with van der Waals surface area (Å²) in [4.78, 5) is 12.2. The molecular formula is C27H38O8. The van der Waals surface area contributed by atoms with Crippen LogP contribution in [0.5, 0.6) is 5.75 Å². The molecule has 2 aliphatic heterocycles. The molecule has 11 atom stereocenters. The summed E-state index contributed by atoms with van der Waals surface area (Å²) in [5, 5.41) is 40.1. The molecular weight excluding hydrogens is 452 g/mol. The first-order chi connectivity index (χ1) is 16.9. The lowest BCUT2D eigenvalue weighted by Gasteiger charge is -2.68. The highest BCUT2D eigenvalue weighted by atomic mass is 17.3. The molecule has 1 spiro atoms. The van der Waals surface area contributed by atoms with Crippen LogP contribution < -0.4 is 4.74 Å². The fraction of sp³-hybridized carbons (Fsp3) is 0.778. The van der Waals surface area contributed by atoms with Gasteiger partial charge in [0, 0.05) is 0 Å². The second-order valence-corrected chi connectivity index (χ2v) is 11.5. The maximum atomic E-state index is 10.4. The third-order valence-electron chi connectivity index (χ3n) is 9.87. The van der Waals surface area contributed by atoms with Gasteiger partial charge in [0.05, 0.1) is 6.61 Å². The third-order valence-corrected chi connectivity index (χ3v) is 9.87. The van der Waals surface area contributed by atoms with Gasteiger partial charge in [-0.1, -0.05) is 37.8 Å². The minimum absolute atomic E-state index is 0.342. The first kappa shape index (κ1) is 24.1. The molecule has 1 aromatic rings. The molecule has 9 unspecified atom stereocenters. The Morgan fingerprint density at radius 2 is 1.80 bits per heavy atom. The van der Waals surface area contributed by atoms with Crippen LogP contribution >= 0.6 is 0 Å². The molecule has 3 aliphatic carbocycles. The zero-order valence-electron chi connectivity index (χ0n) is 20.3. The number of aliphatic hydroxyl groups is 4. The fourth-order valence-corrected chi connectivity index (χ4v) is 8.14. The molecule has 6 rings (SSSR count). The Hall–Kier alpha value is -1.26. The van der Waals surface area contributed by atoms with Crippen molar-refractivity contribution in [2.45, 2.75) is 100 Å². The van der Waals surface area contributed by atoms with Crippen molar-refractivity contribution in [2.75, 3.05) is 6.61 Å². The van der Waals surface area contributed by atoms with Gasteiger partial charge in [-0.05, 0) is 74.0 Å². The summed E-state index contributed by atoms with van der Waals surface area (Å²) in [5.41, 5.74) is 0.00262. The predicted molar refractivity (Wildman–Crippen MR) is 124 cm³/mol. The highest BCUT2D eigenvalue weighted by molar-refractivity contribution is 5.37. The Bertz CT molecular complexity index is 924. The SMILES string of the molecule is CC1(c2cccc(O[C@@H]3OC(CO)C(O)[C@@H](O)C3O)c2)OOC12C1CCCC2C2CCCCC2C1. The van der Waals surface area contributed by atoms with Crippen molar-refractivity contribution < 1.29 is 39.7 Å². The van der Waals surface area contributed by atoms with Gasteiger partial charge in [-0.3, -0.25) is 0 Å². The van der Waals surface area contributed by atoms with Crippen molar-refractivity contribution >= 4 is 0 Å². The van der Waals surface area contributed by atoms with E-state index in [4.69, 9.17) is 19.2 Å². The molecule has 0 aromatic heterocycles. The number of benzene rings is 1. The van der Waals surface area contributed by atoms with Gasteiger partial charge in [-0.25, -0.2) is 9.78 Å². The molecule has 3 saturated carbocycles. The Morgan fingerprint density at radius 1 is 0.971 bits per heavy atom. The molecule has 5 aliphatic rings. The topological polar surface area (TPSA) is 118 Å². The maximum absolute atomic E-state index is 10.4. The summed E-state index contributed by atoms with van der Waals surface area (Å²) in [6, 6.07) is 7.58. The fourth-order valence-electron chi connectivity index (χ4n) is 8.14. The number of hydrogen-bond donors (Lipinski definition) is 4. The van der Waals surface area contributed by atoms with Crippen molar-refractivity contribution in [3.8, 4) is 5.75 Å². The zero-order chi connectivity index (χ0) is 24.4. The van der Waals surface area contributed by atoms with Crippen molar-refractivity contribution in [3.05, 3.63) is 29.8 Å². The van der Waals surface area contributed by atoms with E-state index in [1.807, 2.05) is 18.2 Å². The number of fused-ring (bicyclic) bond motifs is 2. The normalized spacial score (nSPS) is 49.2. The molecule has 35 heavy (non-hydrogen) atoms. The van der Waals surface area contributed by atoms with Crippen molar-refractivity contribution in [1.82, 2.24) is 0 Å². The average Bonchev–Trinajstić information content (AvgIpc) is 2.87. The summed E-state index contributed by atoms with van der Waals surface area (Å²) in [6.45, 7) is 1.64. The van der Waals surface area contributed by atoms with Crippen LogP contribution in [-0.4, -0.2) is 63.3 Å². The molecule has 0 amide bonds. The number of ether oxygens (including phenoxy) is 2. The minimum atomic E-state index is -1.48. The largest absolute Gasteiger partial charge is 0.462 e. The van der Waals surface area contributed by atoms with Crippen LogP contribution in [0.2, 0.25) is 0 Å². The molecule has 5 fully saturated rings. The highest BCUT2D eigenvalue weighted by Gasteiger charge is 2.73. The van der Waals surface area contributed by atoms with E-state index < -0.39 is 42.9 Å². The van der Waals surface area contributed by atoms with Gasteiger partial charge in [0.15, 0.2) is 5.60 Å². The molecule has 2 bridgehead atoms. The first-order valence-corrected chi connectivity index (χ1v) is 13.3. The van der Waals surface area contributed by atoms with Crippen LogP contribution in [0.15, 0.2) is 24.3 Å². The van der Waals surface area contributed by atoms with E-state index in [2.05, 4.69) is 6.92 Å². The Labute approximate surface area is 206 Å². The molecule has 1 aromatic carbocycles. The van der Waals surface area contributed by atoms with Gasteiger partial charge >= 0.3 is 0 Å². The Kier molecular flexibility index (Phi) is 6.16. The summed E-state index contributed by atoms with van der Waals surface area (Å²) >= 11 is 0. The van der Waals surface area contributed by atoms with Crippen molar-refractivity contribution in [1.29, 1.82) is 0 Å². The molecule has 0 radical (unpaired) electrons. The smallest absolute Gasteiger partial charge is 0.229 e. The van der Waals surface area contributed by atoms with Crippen LogP contribution in [-0.2, 0) is 20.1 Å². The van der Waals surface area contributed by atoms with E-state index in [9.17, 15) is 20.4 Å². The van der Waals surface area contributed by atoms with Gasteiger partial charge in [-0.2, -0.15) is 0 Å². The van der Waals surface area contributed by atoms with Crippen molar-refractivity contribution in [3.63, 3.8) is 0 Å². The van der Waals surface area contributed by atoms with Gasteiger partial charge in [0.1, 0.15) is 35.8 Å². The van der Waals surface area contributed by atoms with Gasteiger partial charge in [-0.15, -0.1) is 0 Å². The van der Waals surface area contributed by atoms with E-state index in [-0.39, 0.29) is 5.60 Å². The van der Waals surface area contributed by atoms with Crippen LogP contribution in [0.4, 0.5) is 0 Å². The zero-order valence-corrected chi connectivity index (χ0v) is 20.3. The van der Waals surface area contributed by atoms with E-state index in [0.29, 0.717) is 23.5 Å². The van der Waals surface area contributed by atoms with Gasteiger partial charge in [0.2, 0.25) is 6.29 Å². The Morgan fingerprint density at radius 3 is 2.57 bits per heavy atom. The van der Waals surface area contributed by atoms with E-state index >= 15 is 0 Å². The third kappa shape index (κ3) is 3.52. The van der Waals surface area contributed by atoms with Crippen LogP contribution in [0.3, 0.4) is 0 Å². The Balaban J connectivity index is 1.28. The summed E-state index contributed by atoms with van der Waals surface area (Å²) in [5.74, 6) is 2.90. The van der Waals surface area contributed by atoms with Crippen LogP contribution in [0.1, 0.15) is 63.9 Å².